The molecule has 0 unspecified atom stereocenters. The zero-order valence-corrected chi connectivity index (χ0v) is 12.7. The quantitative estimate of drug-likeness (QED) is 0.456. The summed E-state index contributed by atoms with van der Waals surface area (Å²) in [6, 6.07) is 17.0. The van der Waals surface area contributed by atoms with Crippen LogP contribution in [-0.2, 0) is 0 Å². The van der Waals surface area contributed by atoms with E-state index in [1.807, 2.05) is 12.4 Å². The Hall–Kier alpha value is -2.74. The molecular formula is C20H16N2. The van der Waals surface area contributed by atoms with E-state index in [1.165, 1.54) is 27.1 Å². The summed E-state index contributed by atoms with van der Waals surface area (Å²) in [5.74, 6) is 0. The summed E-state index contributed by atoms with van der Waals surface area (Å²) in [6.07, 6.45) is 3.76. The summed E-state index contributed by atoms with van der Waals surface area (Å²) < 4.78 is 0. The van der Waals surface area contributed by atoms with Crippen LogP contribution in [0.4, 0.5) is 0 Å². The van der Waals surface area contributed by atoms with Crippen LogP contribution >= 0.6 is 0 Å². The van der Waals surface area contributed by atoms with Gasteiger partial charge in [0.05, 0.1) is 5.69 Å². The average molecular weight is 284 g/mol. The van der Waals surface area contributed by atoms with E-state index in [4.69, 9.17) is 0 Å². The van der Waals surface area contributed by atoms with Crippen molar-refractivity contribution in [2.75, 3.05) is 0 Å². The second-order valence-corrected chi connectivity index (χ2v) is 5.68. The van der Waals surface area contributed by atoms with Crippen LogP contribution in [0, 0.1) is 13.8 Å². The molecule has 0 spiro atoms. The summed E-state index contributed by atoms with van der Waals surface area (Å²) in [7, 11) is 0. The lowest BCUT2D eigenvalue weighted by Gasteiger charge is -2.10. The maximum absolute atomic E-state index is 4.63. The van der Waals surface area contributed by atoms with Gasteiger partial charge in [-0.3, -0.25) is 9.97 Å². The molecular weight excluding hydrogens is 268 g/mol. The van der Waals surface area contributed by atoms with E-state index in [9.17, 15) is 0 Å². The average Bonchev–Trinajstić information content (AvgIpc) is 2.54. The largest absolute Gasteiger partial charge is 0.261 e. The second kappa shape index (κ2) is 4.92. The normalized spacial score (nSPS) is 11.2. The number of pyridine rings is 2. The Balaban J connectivity index is 2.12. The maximum Gasteiger partial charge on any atom is 0.0780 e. The first kappa shape index (κ1) is 13.0. The third-order valence-electron chi connectivity index (χ3n) is 4.15. The van der Waals surface area contributed by atoms with E-state index >= 15 is 0 Å². The Morgan fingerprint density at radius 2 is 1.64 bits per heavy atom. The Kier molecular flexibility index (Phi) is 2.90. The minimum Gasteiger partial charge on any atom is -0.261 e. The molecule has 106 valence electrons. The summed E-state index contributed by atoms with van der Waals surface area (Å²) in [6.45, 7) is 4.17. The van der Waals surface area contributed by atoms with Gasteiger partial charge in [0.2, 0.25) is 0 Å². The highest BCUT2D eigenvalue weighted by Crippen LogP contribution is 2.32. The molecule has 0 aliphatic heterocycles. The Labute approximate surface area is 129 Å². The number of aromatic nitrogens is 2. The molecule has 0 saturated heterocycles. The van der Waals surface area contributed by atoms with Crippen LogP contribution in [0.5, 0.6) is 0 Å². The molecule has 4 aromatic rings. The molecule has 0 fully saturated rings. The smallest absolute Gasteiger partial charge is 0.0780 e. The third kappa shape index (κ3) is 1.96. The lowest BCUT2D eigenvalue weighted by Crippen LogP contribution is -1.90. The van der Waals surface area contributed by atoms with E-state index in [-0.39, 0.29) is 0 Å². The molecule has 0 saturated carbocycles. The SMILES string of the molecule is Cc1cccc(-c2nccc3c2ccc2ccnc(C)c23)c1. The number of hydrogen-bond acceptors (Lipinski definition) is 2. The Morgan fingerprint density at radius 3 is 2.50 bits per heavy atom. The number of aryl methyl sites for hydroxylation is 2. The summed E-state index contributed by atoms with van der Waals surface area (Å²) in [5, 5.41) is 4.84. The predicted octanol–water partition coefficient (Wildman–Crippen LogP) is 5.07. The van der Waals surface area contributed by atoms with Crippen LogP contribution in [0.25, 0.3) is 32.8 Å². The molecule has 4 rings (SSSR count). The fraction of sp³-hybridized carbons (Fsp3) is 0.100. The van der Waals surface area contributed by atoms with E-state index in [0.29, 0.717) is 0 Å². The molecule has 0 atom stereocenters. The van der Waals surface area contributed by atoms with Crippen molar-refractivity contribution in [2.45, 2.75) is 13.8 Å². The highest BCUT2D eigenvalue weighted by molar-refractivity contribution is 6.12. The number of rotatable bonds is 1. The second-order valence-electron chi connectivity index (χ2n) is 5.68. The number of nitrogens with zero attached hydrogens (tertiary/aromatic N) is 2. The Bertz CT molecular complexity index is 1000. The number of benzene rings is 2. The third-order valence-corrected chi connectivity index (χ3v) is 4.15. The molecule has 2 aromatic heterocycles. The summed E-state index contributed by atoms with van der Waals surface area (Å²) in [4.78, 5) is 9.09. The van der Waals surface area contributed by atoms with E-state index in [2.05, 4.69) is 72.3 Å². The molecule has 0 bridgehead atoms. The minimum absolute atomic E-state index is 1.03. The first-order chi connectivity index (χ1) is 10.7. The van der Waals surface area contributed by atoms with Gasteiger partial charge in [-0.1, -0.05) is 35.9 Å². The lowest BCUT2D eigenvalue weighted by atomic mass is 9.98. The molecule has 2 aromatic carbocycles. The minimum atomic E-state index is 1.03. The van der Waals surface area contributed by atoms with Crippen molar-refractivity contribution < 1.29 is 0 Å². The van der Waals surface area contributed by atoms with E-state index in [0.717, 1.165) is 17.0 Å². The van der Waals surface area contributed by atoms with Gasteiger partial charge in [0, 0.05) is 34.4 Å². The van der Waals surface area contributed by atoms with Crippen LogP contribution in [0.2, 0.25) is 0 Å². The van der Waals surface area contributed by atoms with Gasteiger partial charge in [0.25, 0.3) is 0 Å². The molecule has 0 aliphatic rings. The van der Waals surface area contributed by atoms with Gasteiger partial charge in [-0.15, -0.1) is 0 Å². The fourth-order valence-corrected chi connectivity index (χ4v) is 3.13. The van der Waals surface area contributed by atoms with Crippen LogP contribution in [0.15, 0.2) is 60.9 Å². The van der Waals surface area contributed by atoms with Crippen LogP contribution in [0.3, 0.4) is 0 Å². The zero-order chi connectivity index (χ0) is 15.1. The predicted molar refractivity (Wildman–Crippen MR) is 92.0 cm³/mol. The van der Waals surface area contributed by atoms with Crippen molar-refractivity contribution >= 4 is 21.5 Å². The lowest BCUT2D eigenvalue weighted by molar-refractivity contribution is 1.24. The van der Waals surface area contributed by atoms with Gasteiger partial charge in [-0.05, 0) is 42.8 Å². The highest BCUT2D eigenvalue weighted by atomic mass is 14.7. The van der Waals surface area contributed by atoms with Crippen molar-refractivity contribution in [3.63, 3.8) is 0 Å². The van der Waals surface area contributed by atoms with Gasteiger partial charge in [0.1, 0.15) is 0 Å². The molecule has 2 heteroatoms. The molecule has 2 heterocycles. The zero-order valence-electron chi connectivity index (χ0n) is 12.7. The first-order valence-corrected chi connectivity index (χ1v) is 7.44. The van der Waals surface area contributed by atoms with Gasteiger partial charge >= 0.3 is 0 Å². The molecule has 0 aliphatic carbocycles. The highest BCUT2D eigenvalue weighted by Gasteiger charge is 2.09. The molecule has 0 N–H and O–H groups in total. The monoisotopic (exact) mass is 284 g/mol. The molecule has 2 nitrogen and oxygen atoms in total. The van der Waals surface area contributed by atoms with Gasteiger partial charge < -0.3 is 0 Å². The number of fused-ring (bicyclic) bond motifs is 3. The van der Waals surface area contributed by atoms with Crippen LogP contribution in [0.1, 0.15) is 11.3 Å². The number of hydrogen-bond donors (Lipinski definition) is 0. The first-order valence-electron chi connectivity index (χ1n) is 7.44. The van der Waals surface area contributed by atoms with Crippen molar-refractivity contribution in [1.29, 1.82) is 0 Å². The van der Waals surface area contributed by atoms with Crippen LogP contribution < -0.4 is 0 Å². The van der Waals surface area contributed by atoms with Gasteiger partial charge in [-0.25, -0.2) is 0 Å². The van der Waals surface area contributed by atoms with Gasteiger partial charge in [0.15, 0.2) is 0 Å². The molecule has 0 radical (unpaired) electrons. The maximum atomic E-state index is 4.63. The standard InChI is InChI=1S/C20H16N2/c1-13-4-3-5-16(12-13)20-18-7-6-15-8-10-21-14(2)19(15)17(18)9-11-22-20/h3-12H,1-2H3. The molecule has 22 heavy (non-hydrogen) atoms. The van der Waals surface area contributed by atoms with E-state index < -0.39 is 0 Å². The molecule has 0 amide bonds. The summed E-state index contributed by atoms with van der Waals surface area (Å²) >= 11 is 0. The van der Waals surface area contributed by atoms with Crippen molar-refractivity contribution in [1.82, 2.24) is 9.97 Å². The van der Waals surface area contributed by atoms with Crippen molar-refractivity contribution in [3.05, 3.63) is 72.2 Å². The Morgan fingerprint density at radius 1 is 0.773 bits per heavy atom. The summed E-state index contributed by atoms with van der Waals surface area (Å²) in [5.41, 5.74) is 4.50. The van der Waals surface area contributed by atoms with Crippen molar-refractivity contribution in [2.24, 2.45) is 0 Å². The van der Waals surface area contributed by atoms with Crippen molar-refractivity contribution in [3.8, 4) is 11.3 Å². The van der Waals surface area contributed by atoms with E-state index in [1.54, 1.807) is 0 Å². The topological polar surface area (TPSA) is 25.8 Å². The van der Waals surface area contributed by atoms with Crippen LogP contribution in [-0.4, -0.2) is 9.97 Å². The fourth-order valence-electron chi connectivity index (χ4n) is 3.13. The van der Waals surface area contributed by atoms with Gasteiger partial charge in [-0.2, -0.15) is 0 Å².